The molecular formula is C18H18Cl2N2O5. The van der Waals surface area contributed by atoms with Crippen molar-refractivity contribution in [3.8, 4) is 0 Å². The molecule has 0 saturated carbocycles. The largest absolute Gasteiger partial charge is 0.459 e. The van der Waals surface area contributed by atoms with Crippen LogP contribution in [0.25, 0.3) is 0 Å². The molecule has 1 atom stereocenters. The number of benzene rings is 1. The first-order chi connectivity index (χ1) is 12.8. The lowest BCUT2D eigenvalue weighted by Gasteiger charge is -2.20. The number of carbonyl (C=O) groups excluding carboxylic acids is 3. The van der Waals surface area contributed by atoms with Crippen LogP contribution >= 0.6 is 23.2 Å². The van der Waals surface area contributed by atoms with Gasteiger partial charge in [-0.1, -0.05) is 37.0 Å². The summed E-state index contributed by atoms with van der Waals surface area (Å²) in [7, 11) is 0. The number of anilines is 1. The molecule has 0 spiro atoms. The maximum atomic E-state index is 12.3. The first kappa shape index (κ1) is 20.8. The van der Waals surface area contributed by atoms with E-state index in [0.29, 0.717) is 10.7 Å². The summed E-state index contributed by atoms with van der Waals surface area (Å²) in [5.41, 5.74) is 0.414. The molecule has 2 rings (SSSR count). The standard InChI is InChI=1S/C18H18Cl2N2O5/c1-10(2)16(22-17(24)14-4-3-7-26-14)18(25)27-9-15(23)21-11-5-6-12(19)13(20)8-11/h3-8,10,16H,9H2,1-2H3,(H,21,23)(H,22,24)/t16-/m0/s1. The molecule has 1 aromatic carbocycles. The molecule has 0 aliphatic carbocycles. The Morgan fingerprint density at radius 3 is 2.48 bits per heavy atom. The van der Waals surface area contributed by atoms with Crippen molar-refractivity contribution < 1.29 is 23.5 Å². The molecule has 144 valence electrons. The lowest BCUT2D eigenvalue weighted by Crippen LogP contribution is -2.45. The van der Waals surface area contributed by atoms with Crippen molar-refractivity contribution >= 4 is 46.7 Å². The van der Waals surface area contributed by atoms with Crippen molar-refractivity contribution in [2.24, 2.45) is 5.92 Å². The second-order valence-corrected chi connectivity index (χ2v) is 6.77. The monoisotopic (exact) mass is 412 g/mol. The number of hydrogen-bond donors (Lipinski definition) is 2. The van der Waals surface area contributed by atoms with Gasteiger partial charge < -0.3 is 19.8 Å². The van der Waals surface area contributed by atoms with Gasteiger partial charge in [0.05, 0.1) is 16.3 Å². The van der Waals surface area contributed by atoms with Crippen LogP contribution in [0, 0.1) is 5.92 Å². The maximum Gasteiger partial charge on any atom is 0.329 e. The van der Waals surface area contributed by atoms with E-state index in [9.17, 15) is 14.4 Å². The molecule has 1 heterocycles. The van der Waals surface area contributed by atoms with Crippen LogP contribution < -0.4 is 10.6 Å². The second kappa shape index (κ2) is 9.43. The number of carbonyl (C=O) groups is 3. The normalized spacial score (nSPS) is 11.7. The fourth-order valence-corrected chi connectivity index (χ4v) is 2.41. The van der Waals surface area contributed by atoms with E-state index in [1.807, 2.05) is 0 Å². The Balaban J connectivity index is 1.89. The Kier molecular flexibility index (Phi) is 7.27. The molecule has 0 fully saturated rings. The molecule has 0 aliphatic heterocycles. The van der Waals surface area contributed by atoms with Crippen molar-refractivity contribution in [1.82, 2.24) is 5.32 Å². The Morgan fingerprint density at radius 1 is 1.15 bits per heavy atom. The van der Waals surface area contributed by atoms with Gasteiger partial charge in [-0.15, -0.1) is 0 Å². The number of amides is 2. The number of rotatable bonds is 7. The average Bonchev–Trinajstić information content (AvgIpc) is 3.15. The minimum Gasteiger partial charge on any atom is -0.459 e. The summed E-state index contributed by atoms with van der Waals surface area (Å²) >= 11 is 11.7. The molecule has 9 heteroatoms. The zero-order chi connectivity index (χ0) is 20.0. The third kappa shape index (κ3) is 6.01. The minimum absolute atomic E-state index is 0.0748. The van der Waals surface area contributed by atoms with Crippen LogP contribution in [-0.2, 0) is 14.3 Å². The fraction of sp³-hybridized carbons (Fsp3) is 0.278. The third-order valence-corrected chi connectivity index (χ3v) is 4.24. The van der Waals surface area contributed by atoms with Gasteiger partial charge in [-0.2, -0.15) is 0 Å². The lowest BCUT2D eigenvalue weighted by molar-refractivity contribution is -0.150. The van der Waals surface area contributed by atoms with Crippen LogP contribution in [0.4, 0.5) is 5.69 Å². The van der Waals surface area contributed by atoms with Gasteiger partial charge in [-0.25, -0.2) is 4.79 Å². The first-order valence-electron chi connectivity index (χ1n) is 8.04. The average molecular weight is 413 g/mol. The second-order valence-electron chi connectivity index (χ2n) is 5.96. The van der Waals surface area contributed by atoms with Gasteiger partial charge in [0.15, 0.2) is 12.4 Å². The minimum atomic E-state index is -0.930. The summed E-state index contributed by atoms with van der Waals surface area (Å²) in [4.78, 5) is 36.3. The summed E-state index contributed by atoms with van der Waals surface area (Å²) in [5.74, 6) is -2.01. The quantitative estimate of drug-likeness (QED) is 0.677. The molecule has 7 nitrogen and oxygen atoms in total. The van der Waals surface area contributed by atoms with Crippen LogP contribution in [0.15, 0.2) is 41.0 Å². The molecule has 2 amide bonds. The number of furan rings is 1. The van der Waals surface area contributed by atoms with Crippen LogP contribution in [0.3, 0.4) is 0 Å². The zero-order valence-electron chi connectivity index (χ0n) is 14.6. The Bertz CT molecular complexity index is 821. The van der Waals surface area contributed by atoms with Gasteiger partial charge in [0, 0.05) is 5.69 Å². The topological polar surface area (TPSA) is 97.6 Å². The maximum absolute atomic E-state index is 12.3. The highest BCUT2D eigenvalue weighted by atomic mass is 35.5. The van der Waals surface area contributed by atoms with E-state index in [2.05, 4.69) is 10.6 Å². The Hall–Kier alpha value is -2.51. The molecule has 1 aromatic heterocycles. The molecule has 0 saturated heterocycles. The highest BCUT2D eigenvalue weighted by Crippen LogP contribution is 2.24. The van der Waals surface area contributed by atoms with Crippen molar-refractivity contribution in [1.29, 1.82) is 0 Å². The summed E-state index contributed by atoms with van der Waals surface area (Å²) < 4.78 is 10.0. The molecule has 27 heavy (non-hydrogen) atoms. The lowest BCUT2D eigenvalue weighted by atomic mass is 10.0. The molecule has 0 unspecified atom stereocenters. The van der Waals surface area contributed by atoms with E-state index in [1.165, 1.54) is 24.5 Å². The number of nitrogens with one attached hydrogen (secondary N) is 2. The highest BCUT2D eigenvalue weighted by Gasteiger charge is 2.27. The van der Waals surface area contributed by atoms with E-state index < -0.39 is 30.4 Å². The van der Waals surface area contributed by atoms with Crippen molar-refractivity contribution in [2.75, 3.05) is 11.9 Å². The van der Waals surface area contributed by atoms with E-state index >= 15 is 0 Å². The van der Waals surface area contributed by atoms with E-state index in [4.69, 9.17) is 32.4 Å². The number of hydrogen-bond acceptors (Lipinski definition) is 5. The summed E-state index contributed by atoms with van der Waals surface area (Å²) in [6.45, 7) is 2.97. The van der Waals surface area contributed by atoms with Crippen molar-refractivity contribution in [2.45, 2.75) is 19.9 Å². The Labute approximate surface area is 166 Å². The summed E-state index contributed by atoms with van der Waals surface area (Å²) in [5, 5.41) is 5.71. The molecular weight excluding hydrogens is 395 g/mol. The molecule has 0 bridgehead atoms. The van der Waals surface area contributed by atoms with Crippen LogP contribution in [0.2, 0.25) is 10.0 Å². The highest BCUT2D eigenvalue weighted by molar-refractivity contribution is 6.42. The van der Waals surface area contributed by atoms with Crippen molar-refractivity contribution in [3.05, 3.63) is 52.4 Å². The van der Waals surface area contributed by atoms with E-state index in [0.717, 1.165) is 0 Å². The van der Waals surface area contributed by atoms with Gasteiger partial charge >= 0.3 is 5.97 Å². The SMILES string of the molecule is CC(C)[C@H](NC(=O)c1ccco1)C(=O)OCC(=O)Nc1ccc(Cl)c(Cl)c1. The van der Waals surface area contributed by atoms with E-state index in [1.54, 1.807) is 26.0 Å². The predicted molar refractivity (Wildman–Crippen MR) is 101 cm³/mol. The first-order valence-corrected chi connectivity index (χ1v) is 8.79. The number of ether oxygens (including phenoxy) is 1. The molecule has 0 aliphatic rings. The molecule has 2 N–H and O–H groups in total. The van der Waals surface area contributed by atoms with Crippen LogP contribution in [-0.4, -0.2) is 30.4 Å². The smallest absolute Gasteiger partial charge is 0.329 e. The van der Waals surface area contributed by atoms with Crippen molar-refractivity contribution in [3.63, 3.8) is 0 Å². The van der Waals surface area contributed by atoms with Crippen LogP contribution in [0.1, 0.15) is 24.4 Å². The summed E-state index contributed by atoms with van der Waals surface area (Å²) in [6.07, 6.45) is 1.35. The van der Waals surface area contributed by atoms with Gasteiger partial charge in [-0.05, 0) is 36.2 Å². The summed E-state index contributed by atoms with van der Waals surface area (Å²) in [6, 6.07) is 6.68. The molecule has 0 radical (unpaired) electrons. The van der Waals surface area contributed by atoms with Gasteiger partial charge in [-0.3, -0.25) is 9.59 Å². The predicted octanol–water partition coefficient (Wildman–Crippen LogP) is 3.52. The third-order valence-electron chi connectivity index (χ3n) is 3.50. The number of esters is 1. The Morgan fingerprint density at radius 2 is 1.89 bits per heavy atom. The molecule has 2 aromatic rings. The van der Waals surface area contributed by atoms with Gasteiger partial charge in [0.25, 0.3) is 11.8 Å². The van der Waals surface area contributed by atoms with E-state index in [-0.39, 0.29) is 16.7 Å². The number of halogens is 2. The fourth-order valence-electron chi connectivity index (χ4n) is 2.12. The van der Waals surface area contributed by atoms with Gasteiger partial charge in [0.2, 0.25) is 0 Å². The van der Waals surface area contributed by atoms with Gasteiger partial charge in [0.1, 0.15) is 6.04 Å². The van der Waals surface area contributed by atoms with Crippen LogP contribution in [0.5, 0.6) is 0 Å². The zero-order valence-corrected chi connectivity index (χ0v) is 16.1.